The summed E-state index contributed by atoms with van der Waals surface area (Å²) in [6.45, 7) is 2.33. The SMILES string of the molecule is CN(Cc1ccc(Br)cc1)C(=O)C1CNC1.Cl. The first kappa shape index (κ1) is 14.5. The molecule has 0 aliphatic carbocycles. The van der Waals surface area contributed by atoms with E-state index >= 15 is 0 Å². The molecule has 94 valence electrons. The van der Waals surface area contributed by atoms with Crippen LogP contribution in [0.2, 0.25) is 0 Å². The minimum atomic E-state index is 0. The van der Waals surface area contributed by atoms with Gasteiger partial charge in [-0.1, -0.05) is 28.1 Å². The number of amides is 1. The molecule has 1 aliphatic heterocycles. The van der Waals surface area contributed by atoms with Gasteiger partial charge in [-0.05, 0) is 17.7 Å². The Morgan fingerprint density at radius 3 is 2.47 bits per heavy atom. The second-order valence-corrected chi connectivity index (χ2v) is 5.09. The first-order valence-electron chi connectivity index (χ1n) is 5.37. The van der Waals surface area contributed by atoms with Crippen LogP contribution in [0.3, 0.4) is 0 Å². The maximum Gasteiger partial charge on any atom is 0.228 e. The number of carbonyl (C=O) groups excluding carboxylic acids is 1. The first-order chi connectivity index (χ1) is 7.66. The second kappa shape index (κ2) is 6.38. The zero-order chi connectivity index (χ0) is 11.5. The predicted octanol–water partition coefficient (Wildman–Crippen LogP) is 2.05. The number of benzene rings is 1. The van der Waals surface area contributed by atoms with Crippen LogP contribution in [0, 0.1) is 5.92 Å². The maximum atomic E-state index is 11.9. The highest BCUT2D eigenvalue weighted by Crippen LogP contribution is 2.13. The maximum absolute atomic E-state index is 11.9. The topological polar surface area (TPSA) is 32.3 Å². The van der Waals surface area contributed by atoms with Gasteiger partial charge in [-0.15, -0.1) is 12.4 Å². The molecule has 1 saturated heterocycles. The summed E-state index contributed by atoms with van der Waals surface area (Å²) in [6, 6.07) is 8.07. The smallest absolute Gasteiger partial charge is 0.228 e. The molecule has 5 heteroatoms. The third kappa shape index (κ3) is 3.69. The van der Waals surface area contributed by atoms with Crippen molar-refractivity contribution in [2.24, 2.45) is 5.92 Å². The van der Waals surface area contributed by atoms with Gasteiger partial charge in [-0.3, -0.25) is 4.79 Å². The van der Waals surface area contributed by atoms with Gasteiger partial charge in [0.05, 0.1) is 5.92 Å². The number of hydrogen-bond donors (Lipinski definition) is 1. The van der Waals surface area contributed by atoms with Crippen LogP contribution in [0.15, 0.2) is 28.7 Å². The average molecular weight is 320 g/mol. The summed E-state index contributed by atoms with van der Waals surface area (Å²) in [6.07, 6.45) is 0. The minimum Gasteiger partial charge on any atom is -0.341 e. The molecule has 0 unspecified atom stereocenters. The number of hydrogen-bond acceptors (Lipinski definition) is 2. The van der Waals surface area contributed by atoms with Crippen molar-refractivity contribution in [3.8, 4) is 0 Å². The van der Waals surface area contributed by atoms with Crippen molar-refractivity contribution in [3.63, 3.8) is 0 Å². The Balaban J connectivity index is 0.00000144. The zero-order valence-corrected chi connectivity index (χ0v) is 12.1. The summed E-state index contributed by atoms with van der Waals surface area (Å²) in [5, 5.41) is 3.11. The van der Waals surface area contributed by atoms with Crippen LogP contribution in [0.5, 0.6) is 0 Å². The van der Waals surface area contributed by atoms with Gasteiger partial charge in [0.15, 0.2) is 0 Å². The molecule has 1 heterocycles. The quantitative estimate of drug-likeness (QED) is 0.925. The fourth-order valence-corrected chi connectivity index (χ4v) is 1.98. The lowest BCUT2D eigenvalue weighted by Gasteiger charge is -2.30. The highest BCUT2D eigenvalue weighted by molar-refractivity contribution is 9.10. The Hall–Kier alpha value is -0.580. The zero-order valence-electron chi connectivity index (χ0n) is 9.65. The summed E-state index contributed by atoms with van der Waals surface area (Å²) in [4.78, 5) is 13.7. The molecule has 0 atom stereocenters. The van der Waals surface area contributed by atoms with Gasteiger partial charge < -0.3 is 10.2 Å². The standard InChI is InChI=1S/C12H15BrN2O.ClH/c1-15(12(16)10-6-14-7-10)8-9-2-4-11(13)5-3-9;/h2-5,10,14H,6-8H2,1H3;1H. The van der Waals surface area contributed by atoms with Crippen LogP contribution in [0.4, 0.5) is 0 Å². The lowest BCUT2D eigenvalue weighted by atomic mass is 10.0. The summed E-state index contributed by atoms with van der Waals surface area (Å²) in [5.74, 6) is 0.419. The van der Waals surface area contributed by atoms with Crippen molar-refractivity contribution < 1.29 is 4.79 Å². The third-order valence-corrected chi connectivity index (χ3v) is 3.37. The number of nitrogens with zero attached hydrogens (tertiary/aromatic N) is 1. The van der Waals surface area contributed by atoms with E-state index in [0.717, 1.165) is 23.1 Å². The van der Waals surface area contributed by atoms with Gasteiger partial charge in [0.1, 0.15) is 0 Å². The van der Waals surface area contributed by atoms with Gasteiger partial charge in [-0.25, -0.2) is 0 Å². The van der Waals surface area contributed by atoms with Crippen molar-refractivity contribution in [1.29, 1.82) is 0 Å². The lowest BCUT2D eigenvalue weighted by molar-refractivity contribution is -0.136. The van der Waals surface area contributed by atoms with Crippen LogP contribution in [0.1, 0.15) is 5.56 Å². The van der Waals surface area contributed by atoms with E-state index in [9.17, 15) is 4.79 Å². The largest absolute Gasteiger partial charge is 0.341 e. The molecule has 1 aliphatic rings. The number of rotatable bonds is 3. The molecule has 0 spiro atoms. The normalized spacial score (nSPS) is 14.7. The van der Waals surface area contributed by atoms with E-state index in [-0.39, 0.29) is 24.2 Å². The van der Waals surface area contributed by atoms with Gasteiger partial charge in [0.2, 0.25) is 5.91 Å². The molecule has 1 fully saturated rings. The third-order valence-electron chi connectivity index (χ3n) is 2.84. The van der Waals surface area contributed by atoms with Gasteiger partial charge in [-0.2, -0.15) is 0 Å². The van der Waals surface area contributed by atoms with Gasteiger partial charge in [0.25, 0.3) is 0 Å². The second-order valence-electron chi connectivity index (χ2n) is 4.18. The Morgan fingerprint density at radius 1 is 1.41 bits per heavy atom. The first-order valence-corrected chi connectivity index (χ1v) is 6.16. The van der Waals surface area contributed by atoms with Gasteiger partial charge >= 0.3 is 0 Å². The van der Waals surface area contributed by atoms with Crippen LogP contribution in [-0.4, -0.2) is 30.9 Å². The summed E-state index contributed by atoms with van der Waals surface area (Å²) >= 11 is 3.40. The van der Waals surface area contributed by atoms with E-state index in [2.05, 4.69) is 21.2 Å². The van der Waals surface area contributed by atoms with E-state index in [1.807, 2.05) is 31.3 Å². The van der Waals surface area contributed by atoms with E-state index in [1.165, 1.54) is 0 Å². The molecule has 0 radical (unpaired) electrons. The van der Waals surface area contributed by atoms with E-state index in [4.69, 9.17) is 0 Å². The lowest BCUT2D eigenvalue weighted by Crippen LogP contribution is -2.50. The van der Waals surface area contributed by atoms with Gasteiger partial charge in [0, 0.05) is 31.2 Å². The highest BCUT2D eigenvalue weighted by atomic mass is 79.9. The van der Waals surface area contributed by atoms with E-state index in [0.29, 0.717) is 6.54 Å². The molecular formula is C12H16BrClN2O. The molecule has 1 amide bonds. The number of nitrogens with one attached hydrogen (secondary N) is 1. The molecule has 1 N–H and O–H groups in total. The molecule has 1 aromatic rings. The van der Waals surface area contributed by atoms with Crippen molar-refractivity contribution >= 4 is 34.2 Å². The van der Waals surface area contributed by atoms with E-state index in [1.54, 1.807) is 4.90 Å². The Kier molecular flexibility index (Phi) is 5.43. The summed E-state index contributed by atoms with van der Waals surface area (Å²) in [7, 11) is 1.86. The fourth-order valence-electron chi connectivity index (χ4n) is 1.72. The van der Waals surface area contributed by atoms with E-state index < -0.39 is 0 Å². The number of carbonyl (C=O) groups is 1. The Bertz CT molecular complexity index is 379. The Morgan fingerprint density at radius 2 is 2.00 bits per heavy atom. The molecule has 3 nitrogen and oxygen atoms in total. The van der Waals surface area contributed by atoms with Crippen molar-refractivity contribution in [3.05, 3.63) is 34.3 Å². The average Bonchev–Trinajstić information content (AvgIpc) is 2.19. The minimum absolute atomic E-state index is 0. The summed E-state index contributed by atoms with van der Waals surface area (Å²) < 4.78 is 1.06. The van der Waals surface area contributed by atoms with Crippen molar-refractivity contribution in [2.75, 3.05) is 20.1 Å². The summed E-state index contributed by atoms with van der Waals surface area (Å²) in [5.41, 5.74) is 1.16. The monoisotopic (exact) mass is 318 g/mol. The molecule has 0 bridgehead atoms. The van der Waals surface area contributed by atoms with Crippen molar-refractivity contribution in [2.45, 2.75) is 6.54 Å². The predicted molar refractivity (Wildman–Crippen MR) is 74.2 cm³/mol. The molecule has 17 heavy (non-hydrogen) atoms. The molecular weight excluding hydrogens is 304 g/mol. The number of halogens is 2. The van der Waals surface area contributed by atoms with Crippen LogP contribution >= 0.6 is 28.3 Å². The van der Waals surface area contributed by atoms with Crippen LogP contribution in [-0.2, 0) is 11.3 Å². The molecule has 1 aromatic carbocycles. The highest BCUT2D eigenvalue weighted by Gasteiger charge is 2.27. The molecule has 0 aromatic heterocycles. The Labute approximate surface area is 116 Å². The molecule has 2 rings (SSSR count). The van der Waals surface area contributed by atoms with Crippen LogP contribution < -0.4 is 5.32 Å². The van der Waals surface area contributed by atoms with Crippen molar-refractivity contribution in [1.82, 2.24) is 10.2 Å². The molecule has 0 saturated carbocycles. The fraction of sp³-hybridized carbons (Fsp3) is 0.417. The van der Waals surface area contributed by atoms with Crippen LogP contribution in [0.25, 0.3) is 0 Å².